The van der Waals surface area contributed by atoms with Crippen LogP contribution in [0.25, 0.3) is 6.08 Å². The van der Waals surface area contributed by atoms with E-state index in [2.05, 4.69) is 15.9 Å². The Morgan fingerprint density at radius 2 is 2.12 bits per heavy atom. The van der Waals surface area contributed by atoms with Gasteiger partial charge in [0, 0.05) is 4.47 Å². The average molecular weight is 440 g/mol. The average Bonchev–Trinajstić information content (AvgIpc) is 2.83. The van der Waals surface area contributed by atoms with E-state index in [1.807, 2.05) is 24.3 Å². The predicted octanol–water partition coefficient (Wildman–Crippen LogP) is 4.53. The van der Waals surface area contributed by atoms with Crippen molar-refractivity contribution in [1.82, 2.24) is 4.90 Å². The SMILES string of the molecule is O=C(CN1C(=O)/C(=C/c2cccc(Br)c2)SC1=S)OC1CCCCC1. The lowest BCUT2D eigenvalue weighted by atomic mass is 9.98. The molecule has 1 saturated carbocycles. The van der Waals surface area contributed by atoms with Crippen molar-refractivity contribution in [1.29, 1.82) is 0 Å². The van der Waals surface area contributed by atoms with Gasteiger partial charge in [0.2, 0.25) is 0 Å². The predicted molar refractivity (Wildman–Crippen MR) is 107 cm³/mol. The Morgan fingerprint density at radius 3 is 2.84 bits per heavy atom. The van der Waals surface area contributed by atoms with Crippen LogP contribution in [-0.4, -0.2) is 33.7 Å². The molecule has 1 aromatic carbocycles. The van der Waals surface area contributed by atoms with E-state index in [-0.39, 0.29) is 24.5 Å². The van der Waals surface area contributed by atoms with Gasteiger partial charge in [0.1, 0.15) is 17.0 Å². The number of hydrogen-bond donors (Lipinski definition) is 0. The first-order valence-electron chi connectivity index (χ1n) is 8.23. The minimum Gasteiger partial charge on any atom is -0.461 e. The second-order valence-corrected chi connectivity index (χ2v) is 8.66. The molecule has 0 unspecified atom stereocenters. The topological polar surface area (TPSA) is 46.6 Å². The molecule has 0 atom stereocenters. The van der Waals surface area contributed by atoms with E-state index in [0.717, 1.165) is 35.7 Å². The summed E-state index contributed by atoms with van der Waals surface area (Å²) in [6, 6.07) is 7.65. The molecule has 0 N–H and O–H groups in total. The molecule has 0 aromatic heterocycles. The third-order valence-electron chi connectivity index (χ3n) is 4.16. The molecule has 2 aliphatic rings. The van der Waals surface area contributed by atoms with Crippen molar-refractivity contribution in [3.8, 4) is 0 Å². The van der Waals surface area contributed by atoms with Crippen LogP contribution in [0.15, 0.2) is 33.6 Å². The zero-order valence-electron chi connectivity index (χ0n) is 13.6. The number of hydrogen-bond acceptors (Lipinski definition) is 5. The number of esters is 1. The van der Waals surface area contributed by atoms with Gasteiger partial charge in [-0.2, -0.15) is 0 Å². The minimum absolute atomic E-state index is 0.0168. The highest BCUT2D eigenvalue weighted by Gasteiger charge is 2.34. The third kappa shape index (κ3) is 4.92. The molecule has 1 amide bonds. The van der Waals surface area contributed by atoms with Crippen LogP contribution >= 0.6 is 39.9 Å². The van der Waals surface area contributed by atoms with E-state index in [4.69, 9.17) is 17.0 Å². The van der Waals surface area contributed by atoms with E-state index >= 15 is 0 Å². The van der Waals surface area contributed by atoms with Gasteiger partial charge in [0.05, 0.1) is 4.91 Å². The minimum atomic E-state index is -0.382. The molecule has 0 radical (unpaired) electrons. The largest absolute Gasteiger partial charge is 0.461 e. The Hall–Kier alpha value is -1.18. The molecule has 1 aliphatic heterocycles. The van der Waals surface area contributed by atoms with Crippen molar-refractivity contribution in [2.45, 2.75) is 38.2 Å². The molecule has 1 saturated heterocycles. The molecule has 7 heteroatoms. The molecular weight excluding hydrogens is 422 g/mol. The normalized spacial score (nSPS) is 20.4. The van der Waals surface area contributed by atoms with Crippen LogP contribution < -0.4 is 0 Å². The molecule has 4 nitrogen and oxygen atoms in total. The van der Waals surface area contributed by atoms with Crippen LogP contribution in [0, 0.1) is 0 Å². The van der Waals surface area contributed by atoms with Crippen LogP contribution in [0.2, 0.25) is 0 Å². The third-order valence-corrected chi connectivity index (χ3v) is 6.03. The Balaban J connectivity index is 1.63. The number of thioether (sulfide) groups is 1. The lowest BCUT2D eigenvalue weighted by Gasteiger charge is -2.23. The zero-order chi connectivity index (χ0) is 17.8. The van der Waals surface area contributed by atoms with Crippen LogP contribution in [-0.2, 0) is 14.3 Å². The zero-order valence-corrected chi connectivity index (χ0v) is 16.8. The molecular formula is C18H18BrNO3S2. The fourth-order valence-corrected chi connectivity index (χ4v) is 4.59. The van der Waals surface area contributed by atoms with Gasteiger partial charge in [0.15, 0.2) is 0 Å². The summed E-state index contributed by atoms with van der Waals surface area (Å²) in [5, 5.41) is 0. The summed E-state index contributed by atoms with van der Waals surface area (Å²) >= 11 is 9.90. The van der Waals surface area contributed by atoms with Crippen LogP contribution in [0.4, 0.5) is 0 Å². The summed E-state index contributed by atoms with van der Waals surface area (Å²) < 4.78 is 6.82. The Bertz CT molecular complexity index is 729. The van der Waals surface area contributed by atoms with Crippen molar-refractivity contribution in [2.24, 2.45) is 0 Å². The van der Waals surface area contributed by atoms with Crippen molar-refractivity contribution >= 4 is 62.2 Å². The van der Waals surface area contributed by atoms with Gasteiger partial charge in [-0.1, -0.05) is 58.5 Å². The van der Waals surface area contributed by atoms with E-state index in [9.17, 15) is 9.59 Å². The van der Waals surface area contributed by atoms with Gasteiger partial charge in [-0.25, -0.2) is 0 Å². The fraction of sp³-hybridized carbons (Fsp3) is 0.389. The fourth-order valence-electron chi connectivity index (χ4n) is 2.92. The number of ether oxygens (including phenoxy) is 1. The Labute approximate surface area is 165 Å². The Morgan fingerprint density at radius 1 is 1.36 bits per heavy atom. The van der Waals surface area contributed by atoms with E-state index < -0.39 is 0 Å². The monoisotopic (exact) mass is 439 g/mol. The lowest BCUT2D eigenvalue weighted by Crippen LogP contribution is -2.36. The highest BCUT2D eigenvalue weighted by molar-refractivity contribution is 9.10. The van der Waals surface area contributed by atoms with Crippen LogP contribution in [0.3, 0.4) is 0 Å². The maximum absolute atomic E-state index is 12.6. The van der Waals surface area contributed by atoms with E-state index in [1.54, 1.807) is 6.08 Å². The van der Waals surface area contributed by atoms with E-state index in [0.29, 0.717) is 9.23 Å². The molecule has 1 aliphatic carbocycles. The van der Waals surface area contributed by atoms with Gasteiger partial charge in [0.25, 0.3) is 5.91 Å². The summed E-state index contributed by atoms with van der Waals surface area (Å²) in [4.78, 5) is 26.6. The number of nitrogens with zero attached hydrogens (tertiary/aromatic N) is 1. The van der Waals surface area contributed by atoms with Crippen molar-refractivity contribution in [2.75, 3.05) is 6.54 Å². The number of halogens is 1. The van der Waals surface area contributed by atoms with Crippen LogP contribution in [0.5, 0.6) is 0 Å². The van der Waals surface area contributed by atoms with Crippen LogP contribution in [0.1, 0.15) is 37.7 Å². The van der Waals surface area contributed by atoms with Gasteiger partial charge in [-0.05, 0) is 49.5 Å². The number of carbonyl (C=O) groups is 2. The summed E-state index contributed by atoms with van der Waals surface area (Å²) in [5.74, 6) is -0.623. The molecule has 0 bridgehead atoms. The quantitative estimate of drug-likeness (QED) is 0.391. The second kappa shape index (κ2) is 8.47. The first-order chi connectivity index (χ1) is 12.0. The number of rotatable bonds is 4. The smallest absolute Gasteiger partial charge is 0.326 e. The molecule has 2 fully saturated rings. The summed E-state index contributed by atoms with van der Waals surface area (Å²) in [5.41, 5.74) is 0.902. The summed E-state index contributed by atoms with van der Waals surface area (Å²) in [7, 11) is 0. The van der Waals surface area contributed by atoms with Gasteiger partial charge in [-0.3, -0.25) is 14.5 Å². The number of benzene rings is 1. The molecule has 1 aromatic rings. The maximum Gasteiger partial charge on any atom is 0.326 e. The number of amides is 1. The van der Waals surface area contributed by atoms with Gasteiger partial charge in [-0.15, -0.1) is 0 Å². The Kier molecular flexibility index (Phi) is 6.30. The van der Waals surface area contributed by atoms with E-state index in [1.165, 1.54) is 23.1 Å². The molecule has 132 valence electrons. The van der Waals surface area contributed by atoms with Crippen molar-refractivity contribution in [3.63, 3.8) is 0 Å². The molecule has 25 heavy (non-hydrogen) atoms. The first kappa shape index (κ1) is 18.6. The highest BCUT2D eigenvalue weighted by atomic mass is 79.9. The number of carbonyl (C=O) groups excluding carboxylic acids is 2. The number of thiocarbonyl (C=S) groups is 1. The lowest BCUT2D eigenvalue weighted by molar-refractivity contribution is -0.152. The van der Waals surface area contributed by atoms with Gasteiger partial charge < -0.3 is 4.74 Å². The maximum atomic E-state index is 12.6. The standard InChI is InChI=1S/C18H18BrNO3S2/c19-13-6-4-5-12(9-13)10-15-17(22)20(18(24)25-15)11-16(21)23-14-7-2-1-3-8-14/h4-6,9-10,14H,1-3,7-8,11H2/b15-10-. The first-order valence-corrected chi connectivity index (χ1v) is 10.2. The summed E-state index contributed by atoms with van der Waals surface area (Å²) in [6.45, 7) is -0.114. The van der Waals surface area contributed by atoms with Crippen molar-refractivity contribution in [3.05, 3.63) is 39.2 Å². The molecule has 1 heterocycles. The highest BCUT2D eigenvalue weighted by Crippen LogP contribution is 2.33. The second-order valence-electron chi connectivity index (χ2n) is 6.07. The van der Waals surface area contributed by atoms with Crippen molar-refractivity contribution < 1.29 is 14.3 Å². The summed E-state index contributed by atoms with van der Waals surface area (Å²) in [6.07, 6.45) is 6.97. The molecule has 0 spiro atoms. The molecule has 3 rings (SSSR count). The van der Waals surface area contributed by atoms with Gasteiger partial charge >= 0.3 is 5.97 Å².